The number of carbonyl (C=O) groups excluding carboxylic acids is 1. The lowest BCUT2D eigenvalue weighted by molar-refractivity contribution is -0.129. The second-order valence-electron chi connectivity index (χ2n) is 6.53. The summed E-state index contributed by atoms with van der Waals surface area (Å²) < 4.78 is 17.6. The van der Waals surface area contributed by atoms with E-state index < -0.39 is 5.97 Å². The van der Waals surface area contributed by atoms with Crippen molar-refractivity contribution in [2.45, 2.75) is 6.61 Å². The molecule has 3 aromatic carbocycles. The summed E-state index contributed by atoms with van der Waals surface area (Å²) in [6, 6.07) is 22.7. The lowest BCUT2D eigenvalue weighted by Gasteiger charge is -2.11. The van der Waals surface area contributed by atoms with Gasteiger partial charge in [0.2, 0.25) is 5.90 Å². The summed E-state index contributed by atoms with van der Waals surface area (Å²) in [6.45, 7) is 0.408. The summed E-state index contributed by atoms with van der Waals surface area (Å²) in [5.41, 5.74) is 2.77. The van der Waals surface area contributed by atoms with Crippen molar-refractivity contribution in [1.29, 1.82) is 0 Å². The number of carbonyl (C=O) groups is 1. The van der Waals surface area contributed by atoms with Gasteiger partial charge in [-0.3, -0.25) is 0 Å². The number of hydrogen-bond acceptors (Lipinski definition) is 5. The topological polar surface area (TPSA) is 57.1 Å². The fourth-order valence-corrected chi connectivity index (χ4v) is 3.18. The molecule has 3 aromatic rings. The molecule has 0 aliphatic carbocycles. The number of benzene rings is 3. The molecule has 0 amide bonds. The standard InChI is InChI=1S/C24H18BrNO4/c1-28-21-12-7-17(14-22(21)29-15-16-5-3-2-4-6-16)13-20-24(27)30-23(26-20)18-8-10-19(25)11-9-18/h2-14H,15H2,1H3. The van der Waals surface area contributed by atoms with Crippen molar-refractivity contribution in [3.05, 3.63) is 99.7 Å². The number of halogens is 1. The fraction of sp³-hybridized carbons (Fsp3) is 0.0833. The van der Waals surface area contributed by atoms with Crippen LogP contribution in [-0.2, 0) is 16.1 Å². The zero-order chi connectivity index (χ0) is 20.9. The molecule has 1 heterocycles. The maximum absolute atomic E-state index is 12.3. The summed E-state index contributed by atoms with van der Waals surface area (Å²) >= 11 is 3.39. The first-order valence-corrected chi connectivity index (χ1v) is 10.0. The molecule has 30 heavy (non-hydrogen) atoms. The zero-order valence-electron chi connectivity index (χ0n) is 16.2. The van der Waals surface area contributed by atoms with Crippen LogP contribution in [0.5, 0.6) is 11.5 Å². The number of ether oxygens (including phenoxy) is 3. The van der Waals surface area contributed by atoms with Crippen LogP contribution in [0.15, 0.2) is 88.0 Å². The van der Waals surface area contributed by atoms with E-state index >= 15 is 0 Å². The van der Waals surface area contributed by atoms with E-state index in [4.69, 9.17) is 14.2 Å². The van der Waals surface area contributed by atoms with E-state index in [-0.39, 0.29) is 11.6 Å². The van der Waals surface area contributed by atoms with Crippen LogP contribution in [-0.4, -0.2) is 19.0 Å². The minimum atomic E-state index is -0.490. The Morgan fingerprint density at radius 3 is 2.50 bits per heavy atom. The monoisotopic (exact) mass is 463 g/mol. The largest absolute Gasteiger partial charge is 0.493 e. The van der Waals surface area contributed by atoms with Crippen molar-refractivity contribution in [3.63, 3.8) is 0 Å². The summed E-state index contributed by atoms with van der Waals surface area (Å²) in [7, 11) is 1.59. The van der Waals surface area contributed by atoms with Crippen molar-refractivity contribution < 1.29 is 19.0 Å². The summed E-state index contributed by atoms with van der Waals surface area (Å²) in [5, 5.41) is 0. The van der Waals surface area contributed by atoms with E-state index in [9.17, 15) is 4.79 Å². The van der Waals surface area contributed by atoms with Gasteiger partial charge < -0.3 is 14.2 Å². The lowest BCUT2D eigenvalue weighted by Crippen LogP contribution is -2.05. The highest BCUT2D eigenvalue weighted by atomic mass is 79.9. The number of rotatable bonds is 6. The predicted molar refractivity (Wildman–Crippen MR) is 119 cm³/mol. The molecule has 0 spiro atoms. The molecular formula is C24H18BrNO4. The quantitative estimate of drug-likeness (QED) is 0.363. The van der Waals surface area contributed by atoms with Crippen molar-refractivity contribution >= 4 is 33.9 Å². The van der Waals surface area contributed by atoms with Gasteiger partial charge in [-0.05, 0) is 53.6 Å². The van der Waals surface area contributed by atoms with Crippen LogP contribution in [0.25, 0.3) is 6.08 Å². The molecule has 1 aliphatic rings. The molecule has 0 saturated heterocycles. The first-order chi connectivity index (χ1) is 14.6. The molecule has 150 valence electrons. The molecule has 5 nitrogen and oxygen atoms in total. The predicted octanol–water partition coefficient (Wildman–Crippen LogP) is 5.38. The minimum Gasteiger partial charge on any atom is -0.493 e. The second kappa shape index (κ2) is 8.97. The number of methoxy groups -OCH3 is 1. The van der Waals surface area contributed by atoms with Crippen LogP contribution in [0.1, 0.15) is 16.7 Å². The van der Waals surface area contributed by atoms with Gasteiger partial charge in [0.05, 0.1) is 7.11 Å². The third-order valence-corrected chi connectivity index (χ3v) is 4.97. The van der Waals surface area contributed by atoms with Crippen LogP contribution in [0.3, 0.4) is 0 Å². The molecule has 1 aliphatic heterocycles. The van der Waals surface area contributed by atoms with Crippen molar-refractivity contribution in [2.75, 3.05) is 7.11 Å². The Balaban J connectivity index is 1.58. The van der Waals surface area contributed by atoms with Gasteiger partial charge in [0.15, 0.2) is 17.2 Å². The van der Waals surface area contributed by atoms with Gasteiger partial charge >= 0.3 is 5.97 Å². The SMILES string of the molecule is COc1ccc(C=C2N=C(c3ccc(Br)cc3)OC2=O)cc1OCc1ccccc1. The molecular weight excluding hydrogens is 446 g/mol. The van der Waals surface area contributed by atoms with Gasteiger partial charge in [-0.1, -0.05) is 52.3 Å². The molecule has 4 rings (SSSR count). The number of esters is 1. The van der Waals surface area contributed by atoms with Crippen LogP contribution in [0, 0.1) is 0 Å². The molecule has 0 atom stereocenters. The summed E-state index contributed by atoms with van der Waals surface area (Å²) in [5.74, 6) is 0.989. The second-order valence-corrected chi connectivity index (χ2v) is 7.44. The van der Waals surface area contributed by atoms with Crippen LogP contribution >= 0.6 is 15.9 Å². The normalized spacial score (nSPS) is 14.4. The number of cyclic esters (lactones) is 1. The van der Waals surface area contributed by atoms with E-state index in [0.29, 0.717) is 18.1 Å². The average molecular weight is 464 g/mol. The minimum absolute atomic E-state index is 0.229. The fourth-order valence-electron chi connectivity index (χ4n) is 2.91. The Hall–Kier alpha value is -3.38. The molecule has 0 radical (unpaired) electrons. The van der Waals surface area contributed by atoms with E-state index in [0.717, 1.165) is 21.2 Å². The molecule has 0 fully saturated rings. The molecule has 0 unspecified atom stereocenters. The Morgan fingerprint density at radius 1 is 1.00 bits per heavy atom. The highest BCUT2D eigenvalue weighted by Gasteiger charge is 2.24. The number of hydrogen-bond donors (Lipinski definition) is 0. The van der Waals surface area contributed by atoms with Gasteiger partial charge in [-0.15, -0.1) is 0 Å². The smallest absolute Gasteiger partial charge is 0.363 e. The average Bonchev–Trinajstić information content (AvgIpc) is 3.13. The maximum atomic E-state index is 12.3. The van der Waals surface area contributed by atoms with Gasteiger partial charge in [0.1, 0.15) is 6.61 Å². The van der Waals surface area contributed by atoms with Crippen LogP contribution in [0.4, 0.5) is 0 Å². The molecule has 0 aromatic heterocycles. The molecule has 0 saturated carbocycles. The summed E-state index contributed by atoms with van der Waals surface area (Å²) in [4.78, 5) is 16.6. The van der Waals surface area contributed by atoms with Crippen LogP contribution < -0.4 is 9.47 Å². The Bertz CT molecular complexity index is 1120. The maximum Gasteiger partial charge on any atom is 0.363 e. The number of aliphatic imine (C=N–C) groups is 1. The van der Waals surface area contributed by atoms with Crippen molar-refractivity contribution in [1.82, 2.24) is 0 Å². The molecule has 0 N–H and O–H groups in total. The van der Waals surface area contributed by atoms with Gasteiger partial charge in [-0.25, -0.2) is 9.79 Å². The third kappa shape index (κ3) is 4.60. The van der Waals surface area contributed by atoms with Crippen molar-refractivity contribution in [3.8, 4) is 11.5 Å². The van der Waals surface area contributed by atoms with Gasteiger partial charge in [-0.2, -0.15) is 0 Å². The van der Waals surface area contributed by atoms with Gasteiger partial charge in [0.25, 0.3) is 0 Å². The Kier molecular flexibility index (Phi) is 5.95. The summed E-state index contributed by atoms with van der Waals surface area (Å²) in [6.07, 6.45) is 1.67. The number of nitrogens with zero attached hydrogens (tertiary/aromatic N) is 1. The first-order valence-electron chi connectivity index (χ1n) is 9.25. The molecule has 6 heteroatoms. The van der Waals surface area contributed by atoms with E-state index in [1.54, 1.807) is 19.3 Å². The highest BCUT2D eigenvalue weighted by Crippen LogP contribution is 2.30. The molecule has 0 bridgehead atoms. The van der Waals surface area contributed by atoms with E-state index in [1.807, 2.05) is 66.7 Å². The Morgan fingerprint density at radius 2 is 1.77 bits per heavy atom. The highest BCUT2D eigenvalue weighted by molar-refractivity contribution is 9.10. The first kappa shape index (κ1) is 19.9. The van der Waals surface area contributed by atoms with E-state index in [2.05, 4.69) is 20.9 Å². The third-order valence-electron chi connectivity index (χ3n) is 4.44. The van der Waals surface area contributed by atoms with Gasteiger partial charge in [0, 0.05) is 10.0 Å². The van der Waals surface area contributed by atoms with Crippen molar-refractivity contribution in [2.24, 2.45) is 4.99 Å². The van der Waals surface area contributed by atoms with E-state index in [1.165, 1.54) is 0 Å². The lowest BCUT2D eigenvalue weighted by atomic mass is 10.1. The Labute approximate surface area is 182 Å². The van der Waals surface area contributed by atoms with Crippen LogP contribution in [0.2, 0.25) is 0 Å². The zero-order valence-corrected chi connectivity index (χ0v) is 17.8.